The molecule has 0 radical (unpaired) electrons. The first kappa shape index (κ1) is 31.5. The van der Waals surface area contributed by atoms with Crippen LogP contribution in [0.15, 0.2) is 188 Å². The van der Waals surface area contributed by atoms with Gasteiger partial charge in [-0.25, -0.2) is 15.0 Å². The third-order valence-corrected chi connectivity index (χ3v) is 12.0. The van der Waals surface area contributed by atoms with Gasteiger partial charge >= 0.3 is 0 Å². The van der Waals surface area contributed by atoms with Gasteiger partial charge in [-0.3, -0.25) is 0 Å². The molecule has 11 aromatic rings. The van der Waals surface area contributed by atoms with Crippen molar-refractivity contribution < 1.29 is 0 Å². The quantitative estimate of drug-likeness (QED) is 0.178. The number of aromatic nitrogens is 3. The van der Waals surface area contributed by atoms with E-state index in [0.29, 0.717) is 17.5 Å². The van der Waals surface area contributed by atoms with Crippen LogP contribution in [0, 0.1) is 0 Å². The van der Waals surface area contributed by atoms with E-state index in [0.717, 1.165) is 37.7 Å². The number of nitrogens with zero attached hydrogens (tertiary/aromatic N) is 3. The minimum Gasteiger partial charge on any atom is -0.208 e. The van der Waals surface area contributed by atoms with Gasteiger partial charge in [-0.15, -0.1) is 11.3 Å². The number of rotatable bonds is 5. The Labute approximate surface area is 321 Å². The number of thiophene rings is 1. The van der Waals surface area contributed by atoms with Crippen LogP contribution in [0.2, 0.25) is 0 Å². The zero-order chi connectivity index (χ0) is 36.3. The summed E-state index contributed by atoms with van der Waals surface area (Å²) in [6.07, 6.45) is 0. The van der Waals surface area contributed by atoms with Gasteiger partial charge in [-0.1, -0.05) is 176 Å². The van der Waals surface area contributed by atoms with E-state index >= 15 is 0 Å². The highest BCUT2D eigenvalue weighted by atomic mass is 32.1. The molecule has 0 aliphatic heterocycles. The first-order valence-electron chi connectivity index (χ1n) is 18.5. The molecule has 0 aliphatic carbocycles. The minimum atomic E-state index is 0.648. The maximum atomic E-state index is 5.37. The van der Waals surface area contributed by atoms with Crippen molar-refractivity contribution in [1.29, 1.82) is 0 Å². The van der Waals surface area contributed by atoms with E-state index in [-0.39, 0.29) is 0 Å². The van der Waals surface area contributed by atoms with E-state index in [1.54, 1.807) is 0 Å². The Kier molecular flexibility index (Phi) is 7.35. The lowest BCUT2D eigenvalue weighted by Crippen LogP contribution is -2.01. The van der Waals surface area contributed by atoms with E-state index < -0.39 is 0 Å². The van der Waals surface area contributed by atoms with Gasteiger partial charge in [0, 0.05) is 42.4 Å². The molecular formula is C51H31N3S. The summed E-state index contributed by atoms with van der Waals surface area (Å²) in [6, 6.07) is 66.9. The fraction of sp³-hybridized carbons (Fsp3) is 0. The van der Waals surface area contributed by atoms with Crippen molar-refractivity contribution in [2.24, 2.45) is 0 Å². The van der Waals surface area contributed by atoms with Crippen LogP contribution in [0.5, 0.6) is 0 Å². The van der Waals surface area contributed by atoms with Crippen molar-refractivity contribution in [1.82, 2.24) is 15.0 Å². The van der Waals surface area contributed by atoms with Gasteiger partial charge in [0.1, 0.15) is 0 Å². The molecule has 0 saturated carbocycles. The first-order valence-corrected chi connectivity index (χ1v) is 19.3. The zero-order valence-electron chi connectivity index (χ0n) is 29.6. The highest BCUT2D eigenvalue weighted by Crippen LogP contribution is 2.47. The number of hydrogen-bond acceptors (Lipinski definition) is 4. The summed E-state index contributed by atoms with van der Waals surface area (Å²) in [4.78, 5) is 15.8. The second-order valence-corrected chi connectivity index (χ2v) is 15.0. The largest absolute Gasteiger partial charge is 0.208 e. The van der Waals surface area contributed by atoms with E-state index in [1.807, 2.05) is 29.5 Å². The first-order chi connectivity index (χ1) is 27.3. The average molecular weight is 718 g/mol. The van der Waals surface area contributed by atoms with Crippen LogP contribution < -0.4 is 0 Å². The Balaban J connectivity index is 1.24. The Morgan fingerprint density at radius 3 is 1.42 bits per heavy atom. The lowest BCUT2D eigenvalue weighted by molar-refractivity contribution is 1.08. The maximum Gasteiger partial charge on any atom is 0.165 e. The minimum absolute atomic E-state index is 0.648. The maximum absolute atomic E-state index is 5.37. The van der Waals surface area contributed by atoms with Crippen molar-refractivity contribution in [2.75, 3.05) is 0 Å². The van der Waals surface area contributed by atoms with Crippen LogP contribution in [0.4, 0.5) is 0 Å². The summed E-state index contributed by atoms with van der Waals surface area (Å²) >= 11 is 1.83. The highest BCUT2D eigenvalue weighted by molar-refractivity contribution is 7.26. The van der Waals surface area contributed by atoms with E-state index in [9.17, 15) is 0 Å². The standard InChI is InChI=1S/C51H31N3S/c1-2-17-35(18-3-1)49-52-50(44-29-12-21-34-16-6-9-24-39(34)44)54-51(53-49)46-31-36(40-25-10-19-32-14-4-7-22-37(32)40)30-45-43-28-13-27-42(47(43)55-48(45)46)41-26-11-20-33-15-5-8-23-38(33)41/h1-31H. The Hall–Kier alpha value is -7.01. The van der Waals surface area contributed by atoms with Gasteiger partial charge < -0.3 is 0 Å². The lowest BCUT2D eigenvalue weighted by atomic mass is 9.94. The predicted octanol–water partition coefficient (Wildman–Crippen LogP) is 14.0. The van der Waals surface area contributed by atoms with Gasteiger partial charge in [0.25, 0.3) is 0 Å². The second-order valence-electron chi connectivity index (χ2n) is 13.9. The normalized spacial score (nSPS) is 11.6. The van der Waals surface area contributed by atoms with E-state index in [4.69, 9.17) is 15.0 Å². The van der Waals surface area contributed by atoms with Gasteiger partial charge in [0.2, 0.25) is 0 Å². The monoisotopic (exact) mass is 717 g/mol. The Morgan fingerprint density at radius 2 is 0.727 bits per heavy atom. The highest BCUT2D eigenvalue weighted by Gasteiger charge is 2.21. The lowest BCUT2D eigenvalue weighted by Gasteiger charge is -2.13. The Morgan fingerprint density at radius 1 is 0.273 bits per heavy atom. The topological polar surface area (TPSA) is 38.7 Å². The summed E-state index contributed by atoms with van der Waals surface area (Å²) < 4.78 is 2.40. The third kappa shape index (κ3) is 5.30. The van der Waals surface area contributed by atoms with Gasteiger partial charge in [0.05, 0.1) is 0 Å². The molecule has 4 heteroatoms. The van der Waals surface area contributed by atoms with E-state index in [2.05, 4.69) is 170 Å². The van der Waals surface area contributed by atoms with E-state index in [1.165, 1.54) is 53.7 Å². The molecular weight excluding hydrogens is 687 g/mol. The SMILES string of the molecule is c1ccc(-c2nc(-c3cccc4ccccc34)nc(-c3cc(-c4cccc5ccccc45)cc4c3sc3c(-c5cccc6ccccc56)cccc34)n2)cc1. The van der Waals surface area contributed by atoms with Gasteiger partial charge in [-0.05, 0) is 61.1 Å². The summed E-state index contributed by atoms with van der Waals surface area (Å²) in [5.41, 5.74) is 7.69. The van der Waals surface area contributed by atoms with Crippen LogP contribution in [0.25, 0.3) is 109 Å². The smallest absolute Gasteiger partial charge is 0.165 e. The molecule has 3 nitrogen and oxygen atoms in total. The number of fused-ring (bicyclic) bond motifs is 6. The summed E-state index contributed by atoms with van der Waals surface area (Å²) in [5, 5.41) is 9.57. The molecule has 256 valence electrons. The van der Waals surface area contributed by atoms with Crippen LogP contribution >= 0.6 is 11.3 Å². The molecule has 2 heterocycles. The molecule has 0 bridgehead atoms. The summed E-state index contributed by atoms with van der Waals surface area (Å²) in [7, 11) is 0. The van der Waals surface area contributed by atoms with Gasteiger partial charge in [-0.2, -0.15) is 0 Å². The van der Waals surface area contributed by atoms with Crippen LogP contribution in [0.1, 0.15) is 0 Å². The fourth-order valence-corrected chi connectivity index (χ4v) is 9.44. The van der Waals surface area contributed by atoms with Crippen LogP contribution in [-0.2, 0) is 0 Å². The molecule has 0 atom stereocenters. The number of benzene rings is 9. The molecule has 0 aliphatic rings. The van der Waals surface area contributed by atoms with Crippen molar-refractivity contribution in [3.8, 4) is 56.4 Å². The van der Waals surface area contributed by atoms with Crippen molar-refractivity contribution in [3.05, 3.63) is 188 Å². The molecule has 11 rings (SSSR count). The van der Waals surface area contributed by atoms with Crippen LogP contribution in [-0.4, -0.2) is 15.0 Å². The number of hydrogen-bond donors (Lipinski definition) is 0. The molecule has 0 amide bonds. The third-order valence-electron chi connectivity index (χ3n) is 10.7. The molecule has 2 aromatic heterocycles. The zero-order valence-corrected chi connectivity index (χ0v) is 30.5. The molecule has 0 N–H and O–H groups in total. The van der Waals surface area contributed by atoms with Crippen molar-refractivity contribution in [3.63, 3.8) is 0 Å². The molecule has 55 heavy (non-hydrogen) atoms. The molecule has 0 fully saturated rings. The average Bonchev–Trinajstić information content (AvgIpc) is 3.64. The predicted molar refractivity (Wildman–Crippen MR) is 232 cm³/mol. The molecule has 0 saturated heterocycles. The second kappa shape index (κ2) is 12.8. The fourth-order valence-electron chi connectivity index (χ4n) is 8.12. The van der Waals surface area contributed by atoms with Gasteiger partial charge in [0.15, 0.2) is 17.5 Å². The summed E-state index contributed by atoms with van der Waals surface area (Å²) in [6.45, 7) is 0. The summed E-state index contributed by atoms with van der Waals surface area (Å²) in [5.74, 6) is 1.96. The Bertz CT molecular complexity index is 3260. The molecule has 0 unspecified atom stereocenters. The van der Waals surface area contributed by atoms with Crippen molar-refractivity contribution in [2.45, 2.75) is 0 Å². The van der Waals surface area contributed by atoms with Crippen LogP contribution in [0.3, 0.4) is 0 Å². The molecule has 9 aromatic carbocycles. The van der Waals surface area contributed by atoms with Crippen molar-refractivity contribution >= 4 is 63.8 Å². The molecule has 0 spiro atoms.